The molecule has 1 aromatic carbocycles. The van der Waals surface area contributed by atoms with Crippen molar-refractivity contribution in [2.75, 3.05) is 19.6 Å². The van der Waals surface area contributed by atoms with Gasteiger partial charge in [0.25, 0.3) is 0 Å². The van der Waals surface area contributed by atoms with Crippen LogP contribution < -0.4 is 10.1 Å². The highest BCUT2D eigenvalue weighted by Crippen LogP contribution is 2.18. The maximum Gasteiger partial charge on any atom is 0.387 e. The maximum atomic E-state index is 12.1. The smallest absolute Gasteiger partial charge is 0.387 e. The fraction of sp³-hybridized carbons (Fsp3) is 0.538. The number of rotatable bonds is 4. The fourth-order valence-electron chi connectivity index (χ4n) is 2.17. The summed E-state index contributed by atoms with van der Waals surface area (Å²) in [6.07, 6.45) is 0. The molecule has 3 nitrogen and oxygen atoms in total. The van der Waals surface area contributed by atoms with Crippen LogP contribution in [0.4, 0.5) is 8.78 Å². The average molecular weight is 293 g/mol. The van der Waals surface area contributed by atoms with E-state index >= 15 is 0 Å². The van der Waals surface area contributed by atoms with Gasteiger partial charge in [0, 0.05) is 32.2 Å². The van der Waals surface area contributed by atoms with Crippen molar-refractivity contribution >= 4 is 12.4 Å². The quantitative estimate of drug-likeness (QED) is 0.923. The minimum Gasteiger partial charge on any atom is -0.435 e. The molecule has 0 aliphatic carbocycles. The lowest BCUT2D eigenvalue weighted by molar-refractivity contribution is -0.0499. The number of benzene rings is 1. The zero-order valence-electron chi connectivity index (χ0n) is 10.8. The number of hydrogen-bond acceptors (Lipinski definition) is 3. The summed E-state index contributed by atoms with van der Waals surface area (Å²) >= 11 is 0. The normalized spacial score (nSPS) is 20.1. The van der Waals surface area contributed by atoms with Crippen molar-refractivity contribution in [2.45, 2.75) is 26.1 Å². The molecule has 1 fully saturated rings. The first kappa shape index (κ1) is 16.1. The summed E-state index contributed by atoms with van der Waals surface area (Å²) in [5.74, 6) is 0.227. The molecular weight excluding hydrogens is 274 g/mol. The molecule has 108 valence electrons. The lowest BCUT2D eigenvalue weighted by Gasteiger charge is -2.33. The molecule has 6 heteroatoms. The second kappa shape index (κ2) is 7.62. The van der Waals surface area contributed by atoms with Crippen molar-refractivity contribution in [3.8, 4) is 5.75 Å². The van der Waals surface area contributed by atoms with Crippen molar-refractivity contribution in [2.24, 2.45) is 0 Å². The molecule has 1 N–H and O–H groups in total. The first-order chi connectivity index (χ1) is 8.65. The summed E-state index contributed by atoms with van der Waals surface area (Å²) in [6, 6.07) is 7.38. The predicted octanol–water partition coefficient (Wildman–Crippen LogP) is 2.50. The SMILES string of the molecule is C[C@H]1CNCCN1Cc1cccc(OC(F)F)c1.Cl. The van der Waals surface area contributed by atoms with Gasteiger partial charge in [-0.25, -0.2) is 0 Å². The van der Waals surface area contributed by atoms with Gasteiger partial charge in [0.2, 0.25) is 0 Å². The molecule has 0 saturated carbocycles. The number of piperazine rings is 1. The Bertz CT molecular complexity index is 393. The molecule has 1 aromatic rings. The first-order valence-corrected chi connectivity index (χ1v) is 6.13. The number of halogens is 3. The van der Waals surface area contributed by atoms with Crippen LogP contribution in [0, 0.1) is 0 Å². The van der Waals surface area contributed by atoms with Crippen LogP contribution in [0.1, 0.15) is 12.5 Å². The third-order valence-corrected chi connectivity index (χ3v) is 3.15. The number of nitrogens with one attached hydrogen (secondary N) is 1. The van der Waals surface area contributed by atoms with E-state index in [4.69, 9.17) is 0 Å². The van der Waals surface area contributed by atoms with Gasteiger partial charge in [-0.1, -0.05) is 12.1 Å². The molecule has 1 saturated heterocycles. The molecule has 1 aliphatic heterocycles. The third kappa shape index (κ3) is 4.93. The van der Waals surface area contributed by atoms with Gasteiger partial charge in [0.15, 0.2) is 0 Å². The molecule has 19 heavy (non-hydrogen) atoms. The van der Waals surface area contributed by atoms with Gasteiger partial charge in [0.1, 0.15) is 5.75 Å². The lowest BCUT2D eigenvalue weighted by atomic mass is 10.1. The Labute approximate surface area is 118 Å². The highest BCUT2D eigenvalue weighted by Gasteiger charge is 2.17. The number of ether oxygens (including phenoxy) is 1. The van der Waals surface area contributed by atoms with Gasteiger partial charge in [-0.3, -0.25) is 4.90 Å². The topological polar surface area (TPSA) is 24.5 Å². The molecule has 0 aromatic heterocycles. The molecule has 0 unspecified atom stereocenters. The van der Waals surface area contributed by atoms with Crippen LogP contribution in [0.2, 0.25) is 0 Å². The number of nitrogens with zero attached hydrogens (tertiary/aromatic N) is 1. The Morgan fingerprint density at radius 1 is 1.47 bits per heavy atom. The van der Waals surface area contributed by atoms with E-state index in [1.165, 1.54) is 0 Å². The Kier molecular flexibility index (Phi) is 6.48. The molecule has 1 aliphatic rings. The van der Waals surface area contributed by atoms with E-state index in [2.05, 4.69) is 21.9 Å². The van der Waals surface area contributed by atoms with Crippen LogP contribution >= 0.6 is 12.4 Å². The van der Waals surface area contributed by atoms with Crippen LogP contribution in [-0.2, 0) is 6.54 Å². The predicted molar refractivity (Wildman–Crippen MR) is 73.1 cm³/mol. The van der Waals surface area contributed by atoms with Crippen molar-refractivity contribution < 1.29 is 13.5 Å². The summed E-state index contributed by atoms with van der Waals surface area (Å²) < 4.78 is 28.7. The molecule has 2 rings (SSSR count). The second-order valence-corrected chi connectivity index (χ2v) is 4.55. The van der Waals surface area contributed by atoms with E-state index in [1.807, 2.05) is 6.07 Å². The van der Waals surface area contributed by atoms with Gasteiger partial charge in [-0.05, 0) is 24.6 Å². The first-order valence-electron chi connectivity index (χ1n) is 6.13. The zero-order chi connectivity index (χ0) is 13.0. The standard InChI is InChI=1S/C13H18F2N2O.ClH/c1-10-8-16-5-6-17(10)9-11-3-2-4-12(7-11)18-13(14)15;/h2-4,7,10,13,16H,5-6,8-9H2,1H3;1H/t10-;/m0./s1. The van der Waals surface area contributed by atoms with Crippen molar-refractivity contribution in [1.82, 2.24) is 10.2 Å². The van der Waals surface area contributed by atoms with Crippen LogP contribution in [-0.4, -0.2) is 37.2 Å². The summed E-state index contributed by atoms with van der Waals surface area (Å²) in [6.45, 7) is 3.07. The van der Waals surface area contributed by atoms with Crippen molar-refractivity contribution in [3.63, 3.8) is 0 Å². The molecule has 0 amide bonds. The molecule has 1 heterocycles. The van der Waals surface area contributed by atoms with Gasteiger partial charge in [-0.2, -0.15) is 8.78 Å². The van der Waals surface area contributed by atoms with E-state index in [0.717, 1.165) is 31.7 Å². The summed E-state index contributed by atoms with van der Waals surface area (Å²) in [5, 5.41) is 3.32. The molecule has 1 atom stereocenters. The van der Waals surface area contributed by atoms with E-state index in [-0.39, 0.29) is 18.2 Å². The molecule has 0 spiro atoms. The van der Waals surface area contributed by atoms with Crippen molar-refractivity contribution in [1.29, 1.82) is 0 Å². The van der Waals surface area contributed by atoms with Gasteiger partial charge in [-0.15, -0.1) is 12.4 Å². The Morgan fingerprint density at radius 2 is 2.26 bits per heavy atom. The largest absolute Gasteiger partial charge is 0.435 e. The van der Waals surface area contributed by atoms with Crippen molar-refractivity contribution in [3.05, 3.63) is 29.8 Å². The van der Waals surface area contributed by atoms with Crippen LogP contribution in [0.15, 0.2) is 24.3 Å². The van der Waals surface area contributed by atoms with Gasteiger partial charge < -0.3 is 10.1 Å². The molecular formula is C13H19ClF2N2O. The monoisotopic (exact) mass is 292 g/mol. The summed E-state index contributed by atoms with van der Waals surface area (Å²) in [5.41, 5.74) is 1.00. The van der Waals surface area contributed by atoms with E-state index < -0.39 is 6.61 Å². The average Bonchev–Trinajstić information content (AvgIpc) is 2.32. The number of alkyl halides is 2. The Morgan fingerprint density at radius 3 is 2.95 bits per heavy atom. The van der Waals surface area contributed by atoms with E-state index in [1.54, 1.807) is 18.2 Å². The summed E-state index contributed by atoms with van der Waals surface area (Å²) in [7, 11) is 0. The third-order valence-electron chi connectivity index (χ3n) is 3.15. The van der Waals surface area contributed by atoms with Crippen LogP contribution in [0.5, 0.6) is 5.75 Å². The highest BCUT2D eigenvalue weighted by atomic mass is 35.5. The minimum absolute atomic E-state index is 0. The van der Waals surface area contributed by atoms with Crippen LogP contribution in [0.3, 0.4) is 0 Å². The maximum absolute atomic E-state index is 12.1. The zero-order valence-corrected chi connectivity index (χ0v) is 11.6. The molecule has 0 bridgehead atoms. The second-order valence-electron chi connectivity index (χ2n) is 4.55. The summed E-state index contributed by atoms with van der Waals surface area (Å²) in [4.78, 5) is 2.33. The van der Waals surface area contributed by atoms with Crippen LogP contribution in [0.25, 0.3) is 0 Å². The lowest BCUT2D eigenvalue weighted by Crippen LogP contribution is -2.49. The minimum atomic E-state index is -2.77. The van der Waals surface area contributed by atoms with Gasteiger partial charge >= 0.3 is 6.61 Å². The Balaban J connectivity index is 0.00000180. The Hall–Kier alpha value is -0.910. The molecule has 0 radical (unpaired) electrons. The van der Waals surface area contributed by atoms with E-state index in [9.17, 15) is 8.78 Å². The fourth-order valence-corrected chi connectivity index (χ4v) is 2.17. The van der Waals surface area contributed by atoms with Gasteiger partial charge in [0.05, 0.1) is 0 Å². The number of hydrogen-bond donors (Lipinski definition) is 1. The highest BCUT2D eigenvalue weighted by molar-refractivity contribution is 5.85. The van der Waals surface area contributed by atoms with E-state index in [0.29, 0.717) is 6.04 Å².